The van der Waals surface area contributed by atoms with E-state index in [-0.39, 0.29) is 5.91 Å². The molecule has 0 atom stereocenters. The van der Waals surface area contributed by atoms with Gasteiger partial charge in [-0.1, -0.05) is 32.9 Å². The SMILES string of the molecule is CC1CCN(C(=O)c2ccccc2SC(C)C)CC1. The number of amides is 1. The van der Waals surface area contributed by atoms with E-state index in [0.717, 1.165) is 42.3 Å². The third-order valence-corrected chi connectivity index (χ3v) is 4.63. The second-order valence-corrected chi connectivity index (χ2v) is 7.26. The fraction of sp³-hybridized carbons (Fsp3) is 0.562. The molecule has 19 heavy (non-hydrogen) atoms. The highest BCUT2D eigenvalue weighted by atomic mass is 32.2. The maximum absolute atomic E-state index is 12.6. The standard InChI is InChI=1S/C16H23NOS/c1-12(2)19-15-7-5-4-6-14(15)16(18)17-10-8-13(3)9-11-17/h4-7,12-13H,8-11H2,1-3H3. The molecule has 0 aliphatic carbocycles. The number of hydrogen-bond acceptors (Lipinski definition) is 2. The molecular formula is C16H23NOS. The summed E-state index contributed by atoms with van der Waals surface area (Å²) in [6.45, 7) is 8.40. The average molecular weight is 277 g/mol. The number of rotatable bonds is 3. The predicted molar refractivity (Wildman–Crippen MR) is 81.7 cm³/mol. The molecule has 1 aliphatic heterocycles. The number of hydrogen-bond donors (Lipinski definition) is 0. The van der Waals surface area contributed by atoms with Crippen LogP contribution in [0.2, 0.25) is 0 Å². The summed E-state index contributed by atoms with van der Waals surface area (Å²) in [7, 11) is 0. The summed E-state index contributed by atoms with van der Waals surface area (Å²) >= 11 is 1.77. The fourth-order valence-electron chi connectivity index (χ4n) is 2.38. The van der Waals surface area contributed by atoms with Gasteiger partial charge in [0.1, 0.15) is 0 Å². The summed E-state index contributed by atoms with van der Waals surface area (Å²) in [6.07, 6.45) is 2.26. The molecule has 1 amide bonds. The molecule has 0 spiro atoms. The Morgan fingerprint density at radius 2 is 1.89 bits per heavy atom. The molecule has 0 aromatic heterocycles. The molecule has 2 rings (SSSR count). The lowest BCUT2D eigenvalue weighted by Crippen LogP contribution is -2.38. The van der Waals surface area contributed by atoms with Gasteiger partial charge in [-0.15, -0.1) is 11.8 Å². The van der Waals surface area contributed by atoms with E-state index in [9.17, 15) is 4.79 Å². The molecule has 0 N–H and O–H groups in total. The van der Waals surface area contributed by atoms with Crippen LogP contribution in [0.1, 0.15) is 44.0 Å². The van der Waals surface area contributed by atoms with E-state index in [1.807, 2.05) is 23.1 Å². The molecule has 0 bridgehead atoms. The van der Waals surface area contributed by atoms with Gasteiger partial charge in [0.15, 0.2) is 0 Å². The minimum Gasteiger partial charge on any atom is -0.339 e. The smallest absolute Gasteiger partial charge is 0.254 e. The summed E-state index contributed by atoms with van der Waals surface area (Å²) in [4.78, 5) is 15.7. The summed E-state index contributed by atoms with van der Waals surface area (Å²) in [6, 6.07) is 8.00. The molecule has 1 aromatic rings. The summed E-state index contributed by atoms with van der Waals surface area (Å²) < 4.78 is 0. The molecule has 1 aromatic carbocycles. The number of carbonyl (C=O) groups excluding carboxylic acids is 1. The zero-order valence-electron chi connectivity index (χ0n) is 12.1. The van der Waals surface area contributed by atoms with Crippen molar-refractivity contribution in [1.29, 1.82) is 0 Å². The lowest BCUT2D eigenvalue weighted by atomic mass is 9.98. The lowest BCUT2D eigenvalue weighted by molar-refractivity contribution is 0.0693. The van der Waals surface area contributed by atoms with Crippen LogP contribution in [-0.4, -0.2) is 29.1 Å². The summed E-state index contributed by atoms with van der Waals surface area (Å²) in [5, 5.41) is 0.496. The Labute approximate surface area is 120 Å². The first-order valence-electron chi connectivity index (χ1n) is 7.13. The number of carbonyl (C=O) groups is 1. The normalized spacial score (nSPS) is 16.9. The molecule has 1 saturated heterocycles. The minimum atomic E-state index is 0.204. The Kier molecular flexibility index (Phi) is 4.92. The third-order valence-electron chi connectivity index (χ3n) is 3.55. The fourth-order valence-corrected chi connectivity index (χ4v) is 3.33. The first-order valence-corrected chi connectivity index (χ1v) is 8.01. The van der Waals surface area contributed by atoms with Crippen LogP contribution >= 0.6 is 11.8 Å². The van der Waals surface area contributed by atoms with E-state index in [1.54, 1.807) is 11.8 Å². The Bertz CT molecular complexity index is 436. The molecule has 2 nitrogen and oxygen atoms in total. The second-order valence-electron chi connectivity index (χ2n) is 5.64. The van der Waals surface area contributed by atoms with Crippen LogP contribution in [-0.2, 0) is 0 Å². The second kappa shape index (κ2) is 6.47. The highest BCUT2D eigenvalue weighted by Gasteiger charge is 2.23. The Morgan fingerprint density at radius 1 is 1.26 bits per heavy atom. The van der Waals surface area contributed by atoms with Crippen LogP contribution in [0.4, 0.5) is 0 Å². The van der Waals surface area contributed by atoms with E-state index in [4.69, 9.17) is 0 Å². The van der Waals surface area contributed by atoms with Crippen molar-refractivity contribution in [2.24, 2.45) is 5.92 Å². The minimum absolute atomic E-state index is 0.204. The van der Waals surface area contributed by atoms with Gasteiger partial charge in [0.05, 0.1) is 5.56 Å². The number of piperidine rings is 1. The molecule has 0 saturated carbocycles. The van der Waals surface area contributed by atoms with E-state index in [0.29, 0.717) is 5.25 Å². The zero-order valence-corrected chi connectivity index (χ0v) is 12.9. The van der Waals surface area contributed by atoms with Crippen LogP contribution < -0.4 is 0 Å². The maximum atomic E-state index is 12.6. The van der Waals surface area contributed by atoms with Gasteiger partial charge in [0.2, 0.25) is 0 Å². The molecule has 104 valence electrons. The van der Waals surface area contributed by atoms with Crippen molar-refractivity contribution in [1.82, 2.24) is 4.90 Å². The Hall–Kier alpha value is -0.960. The molecule has 0 unspecified atom stereocenters. The average Bonchev–Trinajstić information content (AvgIpc) is 2.39. The van der Waals surface area contributed by atoms with E-state index >= 15 is 0 Å². The maximum Gasteiger partial charge on any atom is 0.254 e. The summed E-state index contributed by atoms with van der Waals surface area (Å²) in [5.74, 6) is 0.958. The highest BCUT2D eigenvalue weighted by Crippen LogP contribution is 2.28. The number of benzene rings is 1. The first kappa shape index (κ1) is 14.4. The number of thioether (sulfide) groups is 1. The largest absolute Gasteiger partial charge is 0.339 e. The van der Waals surface area contributed by atoms with Crippen molar-refractivity contribution in [3.8, 4) is 0 Å². The van der Waals surface area contributed by atoms with Crippen molar-refractivity contribution < 1.29 is 4.79 Å². The Morgan fingerprint density at radius 3 is 2.53 bits per heavy atom. The summed E-state index contributed by atoms with van der Waals surface area (Å²) in [5.41, 5.74) is 0.871. The molecule has 0 radical (unpaired) electrons. The van der Waals surface area contributed by atoms with Gasteiger partial charge >= 0.3 is 0 Å². The molecule has 1 aliphatic rings. The van der Waals surface area contributed by atoms with Crippen molar-refractivity contribution in [3.63, 3.8) is 0 Å². The van der Waals surface area contributed by atoms with Gasteiger partial charge in [-0.05, 0) is 30.9 Å². The van der Waals surface area contributed by atoms with Crippen molar-refractivity contribution in [2.45, 2.75) is 43.8 Å². The first-order chi connectivity index (χ1) is 9.08. The van der Waals surface area contributed by atoms with E-state index in [1.165, 1.54) is 0 Å². The van der Waals surface area contributed by atoms with Crippen molar-refractivity contribution in [3.05, 3.63) is 29.8 Å². The monoisotopic (exact) mass is 277 g/mol. The molecule has 1 fully saturated rings. The molecule has 3 heteroatoms. The Balaban J connectivity index is 2.14. The molecular weight excluding hydrogens is 254 g/mol. The number of likely N-dealkylation sites (tertiary alicyclic amines) is 1. The van der Waals surface area contributed by atoms with Crippen LogP contribution in [0.5, 0.6) is 0 Å². The van der Waals surface area contributed by atoms with E-state index in [2.05, 4.69) is 26.8 Å². The van der Waals surface area contributed by atoms with Gasteiger partial charge in [-0.25, -0.2) is 0 Å². The predicted octanol–water partition coefficient (Wildman–Crippen LogP) is 4.06. The van der Waals surface area contributed by atoms with Crippen LogP contribution in [0.3, 0.4) is 0 Å². The topological polar surface area (TPSA) is 20.3 Å². The lowest BCUT2D eigenvalue weighted by Gasteiger charge is -2.30. The van der Waals surface area contributed by atoms with Gasteiger partial charge in [0.25, 0.3) is 5.91 Å². The van der Waals surface area contributed by atoms with Crippen LogP contribution in [0.25, 0.3) is 0 Å². The van der Waals surface area contributed by atoms with E-state index < -0.39 is 0 Å². The quantitative estimate of drug-likeness (QED) is 0.777. The molecule has 1 heterocycles. The van der Waals surface area contributed by atoms with Gasteiger partial charge < -0.3 is 4.90 Å². The van der Waals surface area contributed by atoms with Crippen molar-refractivity contribution in [2.75, 3.05) is 13.1 Å². The van der Waals surface area contributed by atoms with Crippen molar-refractivity contribution >= 4 is 17.7 Å². The third kappa shape index (κ3) is 3.75. The zero-order chi connectivity index (χ0) is 13.8. The highest BCUT2D eigenvalue weighted by molar-refractivity contribution is 8.00. The van der Waals surface area contributed by atoms with Crippen LogP contribution in [0, 0.1) is 5.92 Å². The van der Waals surface area contributed by atoms with Gasteiger partial charge in [-0.2, -0.15) is 0 Å². The number of nitrogens with zero attached hydrogens (tertiary/aromatic N) is 1. The van der Waals surface area contributed by atoms with Gasteiger partial charge in [-0.3, -0.25) is 4.79 Å². The van der Waals surface area contributed by atoms with Gasteiger partial charge in [0, 0.05) is 23.2 Å². The van der Waals surface area contributed by atoms with Crippen LogP contribution in [0.15, 0.2) is 29.2 Å².